The van der Waals surface area contributed by atoms with Crippen LogP contribution in [0.4, 0.5) is 0 Å². The topological polar surface area (TPSA) is 84.9 Å². The lowest BCUT2D eigenvalue weighted by molar-refractivity contribution is -0.125. The number of nitrogens with zero attached hydrogens (tertiary/aromatic N) is 1. The third kappa shape index (κ3) is 6.20. The molecule has 1 atom stereocenters. The summed E-state index contributed by atoms with van der Waals surface area (Å²) in [5.41, 5.74) is 1.42. The Balaban J connectivity index is 2.21. The molecule has 0 aliphatic rings. The molecule has 1 amide bonds. The minimum Gasteiger partial charge on any atom is -0.490 e. The van der Waals surface area contributed by atoms with E-state index in [0.717, 1.165) is 16.1 Å². The maximum Gasteiger partial charge on any atom is 0.243 e. The number of rotatable bonds is 10. The Labute approximate surface area is 172 Å². The standard InChI is InChI=1S/C21H28N2O5S/c1-5-27-18-13-12-16(14-19(18)28-6-2)15-22-21(24)20(23(3)29(4,25)26)17-10-8-7-9-11-17/h7-14,20H,5-6,15H2,1-4H3,(H,22,24). The largest absolute Gasteiger partial charge is 0.490 e. The van der Waals surface area contributed by atoms with Crippen LogP contribution in [0.3, 0.4) is 0 Å². The van der Waals surface area contributed by atoms with Crippen molar-refractivity contribution in [3.05, 3.63) is 59.7 Å². The summed E-state index contributed by atoms with van der Waals surface area (Å²) in [6.45, 7) is 5.02. The molecule has 2 rings (SSSR count). The second kappa shape index (κ2) is 10.3. The summed E-state index contributed by atoms with van der Waals surface area (Å²) in [6.07, 6.45) is 1.08. The van der Waals surface area contributed by atoms with Crippen molar-refractivity contribution >= 4 is 15.9 Å². The molecule has 7 nitrogen and oxygen atoms in total. The molecular formula is C21H28N2O5S. The lowest BCUT2D eigenvalue weighted by atomic mass is 10.1. The van der Waals surface area contributed by atoms with E-state index in [1.54, 1.807) is 30.3 Å². The molecule has 0 aliphatic carbocycles. The van der Waals surface area contributed by atoms with E-state index in [1.165, 1.54) is 7.05 Å². The van der Waals surface area contributed by atoms with Gasteiger partial charge in [-0.05, 0) is 37.1 Å². The van der Waals surface area contributed by atoms with E-state index < -0.39 is 22.0 Å². The zero-order chi connectivity index (χ0) is 21.4. The smallest absolute Gasteiger partial charge is 0.243 e. The zero-order valence-electron chi connectivity index (χ0n) is 17.2. The first-order valence-electron chi connectivity index (χ1n) is 9.42. The van der Waals surface area contributed by atoms with Crippen LogP contribution in [0.2, 0.25) is 0 Å². The van der Waals surface area contributed by atoms with Gasteiger partial charge in [-0.15, -0.1) is 0 Å². The van der Waals surface area contributed by atoms with Crippen molar-refractivity contribution in [2.24, 2.45) is 0 Å². The molecular weight excluding hydrogens is 392 g/mol. The molecule has 0 fully saturated rings. The van der Waals surface area contributed by atoms with Crippen molar-refractivity contribution < 1.29 is 22.7 Å². The van der Waals surface area contributed by atoms with Crippen LogP contribution in [-0.4, -0.2) is 45.1 Å². The van der Waals surface area contributed by atoms with E-state index in [0.29, 0.717) is 30.3 Å². The molecule has 0 aliphatic heterocycles. The Bertz CT molecular complexity index is 916. The third-order valence-electron chi connectivity index (χ3n) is 4.32. The van der Waals surface area contributed by atoms with Gasteiger partial charge in [-0.25, -0.2) is 8.42 Å². The highest BCUT2D eigenvalue weighted by atomic mass is 32.2. The van der Waals surface area contributed by atoms with Crippen molar-refractivity contribution in [2.75, 3.05) is 26.5 Å². The fourth-order valence-electron chi connectivity index (χ4n) is 2.84. The van der Waals surface area contributed by atoms with Gasteiger partial charge in [0.25, 0.3) is 0 Å². The van der Waals surface area contributed by atoms with Crippen molar-refractivity contribution in [1.82, 2.24) is 9.62 Å². The molecule has 8 heteroatoms. The molecule has 0 saturated carbocycles. The van der Waals surface area contributed by atoms with Gasteiger partial charge in [0.2, 0.25) is 15.9 Å². The van der Waals surface area contributed by atoms with Gasteiger partial charge in [0.05, 0.1) is 19.5 Å². The van der Waals surface area contributed by atoms with E-state index >= 15 is 0 Å². The van der Waals surface area contributed by atoms with Gasteiger partial charge in [-0.1, -0.05) is 36.4 Å². The normalized spacial score (nSPS) is 12.4. The Morgan fingerprint density at radius 1 is 1.03 bits per heavy atom. The van der Waals surface area contributed by atoms with Gasteiger partial charge < -0.3 is 14.8 Å². The average molecular weight is 421 g/mol. The summed E-state index contributed by atoms with van der Waals surface area (Å²) in [5, 5.41) is 2.83. The van der Waals surface area contributed by atoms with Crippen molar-refractivity contribution in [3.63, 3.8) is 0 Å². The number of sulfonamides is 1. The molecule has 29 heavy (non-hydrogen) atoms. The molecule has 2 aromatic carbocycles. The minimum atomic E-state index is -3.57. The first-order chi connectivity index (χ1) is 13.8. The summed E-state index contributed by atoms with van der Waals surface area (Å²) in [4.78, 5) is 12.9. The van der Waals surface area contributed by atoms with Crippen LogP contribution in [0, 0.1) is 0 Å². The molecule has 0 spiro atoms. The summed E-state index contributed by atoms with van der Waals surface area (Å²) in [7, 11) is -2.17. The fourth-order valence-corrected chi connectivity index (χ4v) is 3.44. The maximum atomic E-state index is 12.9. The van der Waals surface area contributed by atoms with Gasteiger partial charge in [0, 0.05) is 13.6 Å². The predicted octanol–water partition coefficient (Wildman–Crippen LogP) is 2.73. The highest BCUT2D eigenvalue weighted by molar-refractivity contribution is 7.88. The number of hydrogen-bond acceptors (Lipinski definition) is 5. The van der Waals surface area contributed by atoms with Crippen LogP contribution in [-0.2, 0) is 21.4 Å². The number of nitrogens with one attached hydrogen (secondary N) is 1. The highest BCUT2D eigenvalue weighted by Crippen LogP contribution is 2.29. The molecule has 1 N–H and O–H groups in total. The van der Waals surface area contributed by atoms with Crippen LogP contribution in [0.25, 0.3) is 0 Å². The molecule has 0 saturated heterocycles. The quantitative estimate of drug-likeness (QED) is 0.639. The van der Waals surface area contributed by atoms with Gasteiger partial charge >= 0.3 is 0 Å². The second-order valence-electron chi connectivity index (χ2n) is 6.46. The number of carbonyl (C=O) groups excluding carboxylic acids is 1. The Morgan fingerprint density at radius 2 is 1.66 bits per heavy atom. The monoisotopic (exact) mass is 420 g/mol. The van der Waals surface area contributed by atoms with Crippen LogP contribution >= 0.6 is 0 Å². The van der Waals surface area contributed by atoms with E-state index in [9.17, 15) is 13.2 Å². The Hall–Kier alpha value is -2.58. The molecule has 158 valence electrons. The van der Waals surface area contributed by atoms with Crippen molar-refractivity contribution in [3.8, 4) is 11.5 Å². The van der Waals surface area contributed by atoms with Crippen LogP contribution in [0.5, 0.6) is 11.5 Å². The van der Waals surface area contributed by atoms with E-state index in [1.807, 2.05) is 32.0 Å². The Kier molecular flexibility index (Phi) is 8.04. The number of likely N-dealkylation sites (N-methyl/N-ethyl adjacent to an activating group) is 1. The van der Waals surface area contributed by atoms with Gasteiger partial charge in [0.15, 0.2) is 11.5 Å². The third-order valence-corrected chi connectivity index (χ3v) is 5.58. The zero-order valence-corrected chi connectivity index (χ0v) is 18.0. The van der Waals surface area contributed by atoms with E-state index in [-0.39, 0.29) is 6.54 Å². The van der Waals surface area contributed by atoms with E-state index in [4.69, 9.17) is 9.47 Å². The van der Waals surface area contributed by atoms with Crippen LogP contribution in [0.1, 0.15) is 31.0 Å². The molecule has 0 bridgehead atoms. The van der Waals surface area contributed by atoms with Crippen LogP contribution in [0.15, 0.2) is 48.5 Å². The summed E-state index contributed by atoms with van der Waals surface area (Å²) < 4.78 is 36.3. The van der Waals surface area contributed by atoms with Crippen molar-refractivity contribution in [2.45, 2.75) is 26.4 Å². The lowest BCUT2D eigenvalue weighted by Gasteiger charge is -2.25. The van der Waals surface area contributed by atoms with Gasteiger partial charge in [-0.3, -0.25) is 4.79 Å². The average Bonchev–Trinajstić information content (AvgIpc) is 2.68. The fraction of sp³-hybridized carbons (Fsp3) is 0.381. The minimum absolute atomic E-state index is 0.228. The van der Waals surface area contributed by atoms with E-state index in [2.05, 4.69) is 5.32 Å². The first-order valence-corrected chi connectivity index (χ1v) is 11.3. The Morgan fingerprint density at radius 3 is 2.24 bits per heavy atom. The summed E-state index contributed by atoms with van der Waals surface area (Å²) >= 11 is 0. The summed E-state index contributed by atoms with van der Waals surface area (Å²) in [5.74, 6) is 0.841. The lowest BCUT2D eigenvalue weighted by Crippen LogP contribution is -2.41. The number of hydrogen-bond donors (Lipinski definition) is 1. The second-order valence-corrected chi connectivity index (χ2v) is 8.50. The van der Waals surface area contributed by atoms with Gasteiger partial charge in [-0.2, -0.15) is 4.31 Å². The van der Waals surface area contributed by atoms with Crippen LogP contribution < -0.4 is 14.8 Å². The van der Waals surface area contributed by atoms with Crippen molar-refractivity contribution in [1.29, 1.82) is 0 Å². The molecule has 1 unspecified atom stereocenters. The summed E-state index contributed by atoms with van der Waals surface area (Å²) in [6, 6.07) is 13.3. The molecule has 2 aromatic rings. The number of carbonyl (C=O) groups is 1. The first kappa shape index (κ1) is 22.7. The molecule has 0 radical (unpaired) electrons. The van der Waals surface area contributed by atoms with Gasteiger partial charge in [0.1, 0.15) is 6.04 Å². The number of ether oxygens (including phenoxy) is 2. The molecule has 0 aromatic heterocycles. The highest BCUT2D eigenvalue weighted by Gasteiger charge is 2.30. The predicted molar refractivity (Wildman–Crippen MR) is 112 cm³/mol. The maximum absolute atomic E-state index is 12.9. The molecule has 0 heterocycles. The number of amides is 1. The SMILES string of the molecule is CCOc1ccc(CNC(=O)C(c2ccccc2)N(C)S(C)(=O)=O)cc1OCC. The number of benzene rings is 2.